The molecule has 3 rings (SSSR count). The first-order chi connectivity index (χ1) is 12.2. The van der Waals surface area contributed by atoms with Crippen molar-refractivity contribution < 1.29 is 9.53 Å². The van der Waals surface area contributed by atoms with E-state index in [0.29, 0.717) is 17.9 Å². The van der Waals surface area contributed by atoms with Crippen LogP contribution in [0.2, 0.25) is 0 Å². The van der Waals surface area contributed by atoms with Crippen LogP contribution in [0.25, 0.3) is 11.1 Å². The van der Waals surface area contributed by atoms with Crippen LogP contribution in [-0.2, 0) is 13.5 Å². The van der Waals surface area contributed by atoms with Crippen molar-refractivity contribution >= 4 is 5.91 Å². The predicted molar refractivity (Wildman–Crippen MR) is 97.7 cm³/mol. The minimum Gasteiger partial charge on any atom is -0.496 e. The number of benzene rings is 2. The lowest BCUT2D eigenvalue weighted by molar-refractivity contribution is 0.0951. The Hall–Kier alpha value is -3.08. The first-order valence-electron chi connectivity index (χ1n) is 8.16. The number of carbonyl (C=O) groups is 1. The van der Waals surface area contributed by atoms with E-state index in [2.05, 4.69) is 34.7 Å². The molecular formula is C20H21N3O2. The standard InChI is InChI=1S/C20H21N3O2/c1-23-14-17(13-22-23)16-9-7-15(8-10-16)11-12-21-20(24)18-5-3-4-6-19(18)25-2/h3-10,13-14H,11-12H2,1-2H3,(H,21,24). The summed E-state index contributed by atoms with van der Waals surface area (Å²) in [4.78, 5) is 12.3. The molecule has 5 nitrogen and oxygen atoms in total. The van der Waals surface area contributed by atoms with Crippen molar-refractivity contribution in [3.8, 4) is 16.9 Å². The molecular weight excluding hydrogens is 314 g/mol. The Bertz CT molecular complexity index is 853. The second-order valence-corrected chi connectivity index (χ2v) is 5.81. The van der Waals surface area contributed by atoms with Gasteiger partial charge in [0, 0.05) is 25.4 Å². The topological polar surface area (TPSA) is 56.1 Å². The number of ether oxygens (including phenoxy) is 1. The Kier molecular flexibility index (Phi) is 5.14. The third-order valence-electron chi connectivity index (χ3n) is 4.04. The van der Waals surface area contributed by atoms with Crippen LogP contribution in [-0.4, -0.2) is 29.3 Å². The number of nitrogens with one attached hydrogen (secondary N) is 1. The van der Waals surface area contributed by atoms with Gasteiger partial charge in [-0.15, -0.1) is 0 Å². The smallest absolute Gasteiger partial charge is 0.255 e. The lowest BCUT2D eigenvalue weighted by atomic mass is 10.1. The van der Waals surface area contributed by atoms with Crippen molar-refractivity contribution in [2.75, 3.05) is 13.7 Å². The van der Waals surface area contributed by atoms with E-state index >= 15 is 0 Å². The average molecular weight is 335 g/mol. The van der Waals surface area contributed by atoms with Gasteiger partial charge in [-0.3, -0.25) is 9.48 Å². The van der Waals surface area contributed by atoms with Crippen LogP contribution in [0.3, 0.4) is 0 Å². The van der Waals surface area contributed by atoms with E-state index < -0.39 is 0 Å². The van der Waals surface area contributed by atoms with Gasteiger partial charge in [-0.25, -0.2) is 0 Å². The molecule has 0 fully saturated rings. The van der Waals surface area contributed by atoms with E-state index in [1.807, 2.05) is 31.6 Å². The first kappa shape index (κ1) is 16.8. The molecule has 0 aliphatic carbocycles. The number of aromatic nitrogens is 2. The molecule has 0 atom stereocenters. The third kappa shape index (κ3) is 4.07. The van der Waals surface area contributed by atoms with Gasteiger partial charge in [0.2, 0.25) is 0 Å². The first-order valence-corrected chi connectivity index (χ1v) is 8.16. The molecule has 128 valence electrons. The van der Waals surface area contributed by atoms with Crippen molar-refractivity contribution in [2.24, 2.45) is 7.05 Å². The molecule has 1 aromatic heterocycles. The minimum atomic E-state index is -0.121. The Morgan fingerprint density at radius 3 is 2.56 bits per heavy atom. The predicted octanol–water partition coefficient (Wildman–Crippen LogP) is 3.07. The number of aryl methyl sites for hydroxylation is 1. The Morgan fingerprint density at radius 1 is 1.12 bits per heavy atom. The number of methoxy groups -OCH3 is 1. The monoisotopic (exact) mass is 335 g/mol. The van der Waals surface area contributed by atoms with Crippen molar-refractivity contribution in [1.82, 2.24) is 15.1 Å². The van der Waals surface area contributed by atoms with Gasteiger partial charge in [0.1, 0.15) is 5.75 Å². The molecule has 0 unspecified atom stereocenters. The normalized spacial score (nSPS) is 10.5. The molecule has 0 saturated carbocycles. The van der Waals surface area contributed by atoms with Crippen molar-refractivity contribution in [2.45, 2.75) is 6.42 Å². The van der Waals surface area contributed by atoms with E-state index in [9.17, 15) is 4.79 Å². The summed E-state index contributed by atoms with van der Waals surface area (Å²) in [6.45, 7) is 0.573. The number of hydrogen-bond donors (Lipinski definition) is 1. The molecule has 25 heavy (non-hydrogen) atoms. The maximum atomic E-state index is 12.3. The fourth-order valence-corrected chi connectivity index (χ4v) is 2.68. The summed E-state index contributed by atoms with van der Waals surface area (Å²) < 4.78 is 7.01. The van der Waals surface area contributed by atoms with Crippen molar-refractivity contribution in [3.63, 3.8) is 0 Å². The van der Waals surface area contributed by atoms with Gasteiger partial charge in [-0.1, -0.05) is 36.4 Å². The van der Waals surface area contributed by atoms with Crippen LogP contribution < -0.4 is 10.1 Å². The van der Waals surface area contributed by atoms with Crippen LogP contribution in [0.4, 0.5) is 0 Å². The SMILES string of the molecule is COc1ccccc1C(=O)NCCc1ccc(-c2cnn(C)c2)cc1. The minimum absolute atomic E-state index is 0.121. The molecule has 0 aliphatic rings. The summed E-state index contributed by atoms with van der Waals surface area (Å²) >= 11 is 0. The molecule has 2 aromatic carbocycles. The van der Waals surface area contributed by atoms with Gasteiger partial charge in [-0.2, -0.15) is 5.10 Å². The fraction of sp³-hybridized carbons (Fsp3) is 0.200. The summed E-state index contributed by atoms with van der Waals surface area (Å²) in [7, 11) is 3.47. The summed E-state index contributed by atoms with van der Waals surface area (Å²) in [6, 6.07) is 15.5. The average Bonchev–Trinajstić information content (AvgIpc) is 3.08. The maximum absolute atomic E-state index is 12.3. The zero-order valence-corrected chi connectivity index (χ0v) is 14.4. The van der Waals surface area contributed by atoms with Gasteiger partial charge >= 0.3 is 0 Å². The van der Waals surface area contributed by atoms with E-state index in [4.69, 9.17) is 4.74 Å². The van der Waals surface area contributed by atoms with Gasteiger partial charge in [-0.05, 0) is 29.7 Å². The molecule has 0 saturated heterocycles. The third-order valence-corrected chi connectivity index (χ3v) is 4.04. The molecule has 5 heteroatoms. The van der Waals surface area contributed by atoms with E-state index in [1.54, 1.807) is 23.9 Å². The van der Waals surface area contributed by atoms with Gasteiger partial charge < -0.3 is 10.1 Å². The molecule has 1 heterocycles. The Labute approximate surface area is 147 Å². The summed E-state index contributed by atoms with van der Waals surface area (Å²) in [5.74, 6) is 0.463. The van der Waals surface area contributed by atoms with Crippen LogP contribution in [0.1, 0.15) is 15.9 Å². The van der Waals surface area contributed by atoms with Gasteiger partial charge in [0.25, 0.3) is 5.91 Å². The highest BCUT2D eigenvalue weighted by atomic mass is 16.5. The number of nitrogens with zero attached hydrogens (tertiary/aromatic N) is 2. The number of carbonyl (C=O) groups excluding carboxylic acids is 1. The highest BCUT2D eigenvalue weighted by molar-refractivity contribution is 5.96. The largest absolute Gasteiger partial charge is 0.496 e. The Morgan fingerprint density at radius 2 is 1.88 bits per heavy atom. The molecule has 0 radical (unpaired) electrons. The fourth-order valence-electron chi connectivity index (χ4n) is 2.68. The lowest BCUT2D eigenvalue weighted by Crippen LogP contribution is -2.26. The summed E-state index contributed by atoms with van der Waals surface area (Å²) in [5, 5.41) is 7.13. The maximum Gasteiger partial charge on any atom is 0.255 e. The summed E-state index contributed by atoms with van der Waals surface area (Å²) in [5.41, 5.74) is 3.96. The van der Waals surface area contributed by atoms with Crippen molar-refractivity contribution in [1.29, 1.82) is 0 Å². The highest BCUT2D eigenvalue weighted by Gasteiger charge is 2.10. The zero-order valence-electron chi connectivity index (χ0n) is 14.4. The van der Waals surface area contributed by atoms with E-state index in [0.717, 1.165) is 17.5 Å². The van der Waals surface area contributed by atoms with Gasteiger partial charge in [0.15, 0.2) is 0 Å². The van der Waals surface area contributed by atoms with Crippen LogP contribution in [0.5, 0.6) is 5.75 Å². The van der Waals surface area contributed by atoms with Crippen LogP contribution >= 0.6 is 0 Å². The molecule has 1 amide bonds. The molecule has 3 aromatic rings. The number of para-hydroxylation sites is 1. The van der Waals surface area contributed by atoms with Gasteiger partial charge in [0.05, 0.1) is 18.9 Å². The second kappa shape index (κ2) is 7.66. The molecule has 0 bridgehead atoms. The van der Waals surface area contributed by atoms with E-state index in [-0.39, 0.29) is 5.91 Å². The summed E-state index contributed by atoms with van der Waals surface area (Å²) in [6.07, 6.45) is 4.61. The quantitative estimate of drug-likeness (QED) is 0.753. The number of hydrogen-bond acceptors (Lipinski definition) is 3. The molecule has 0 spiro atoms. The van der Waals surface area contributed by atoms with Crippen LogP contribution in [0.15, 0.2) is 60.9 Å². The van der Waals surface area contributed by atoms with Crippen molar-refractivity contribution in [3.05, 3.63) is 72.1 Å². The number of rotatable bonds is 6. The second-order valence-electron chi connectivity index (χ2n) is 5.81. The van der Waals surface area contributed by atoms with E-state index in [1.165, 1.54) is 5.56 Å². The van der Waals surface area contributed by atoms with Crippen LogP contribution in [0, 0.1) is 0 Å². The number of amides is 1. The Balaban J connectivity index is 1.56. The molecule has 0 aliphatic heterocycles. The lowest BCUT2D eigenvalue weighted by Gasteiger charge is -2.09. The zero-order chi connectivity index (χ0) is 17.6. The highest BCUT2D eigenvalue weighted by Crippen LogP contribution is 2.19. The molecule has 1 N–H and O–H groups in total.